The van der Waals surface area contributed by atoms with Gasteiger partial charge in [-0.05, 0) is 68.2 Å². The van der Waals surface area contributed by atoms with Crippen molar-refractivity contribution in [2.45, 2.75) is 19.4 Å². The molecule has 1 N–H and O–H groups in total. The van der Waals surface area contributed by atoms with E-state index in [0.717, 1.165) is 58.1 Å². The number of fused-ring (bicyclic) bond motifs is 2. The molecule has 4 heterocycles. The minimum atomic E-state index is -0.527. The van der Waals surface area contributed by atoms with Crippen molar-refractivity contribution in [1.29, 1.82) is 5.26 Å². The molecule has 2 atom stereocenters. The lowest BCUT2D eigenvalue weighted by Crippen LogP contribution is -2.18. The number of halogens is 1. The Labute approximate surface area is 202 Å². The van der Waals surface area contributed by atoms with E-state index in [1.807, 2.05) is 48.4 Å². The first-order valence-electron chi connectivity index (χ1n) is 11.9. The molecule has 6 nitrogen and oxygen atoms in total. The Morgan fingerprint density at radius 3 is 2.74 bits per heavy atom. The maximum absolute atomic E-state index is 14.8. The van der Waals surface area contributed by atoms with Crippen LogP contribution in [-0.4, -0.2) is 32.4 Å². The summed E-state index contributed by atoms with van der Waals surface area (Å²) in [6, 6.07) is 15.3. The number of rotatable bonds is 4. The van der Waals surface area contributed by atoms with Crippen molar-refractivity contribution in [3.63, 3.8) is 0 Å². The second-order valence-corrected chi connectivity index (χ2v) is 9.35. The van der Waals surface area contributed by atoms with Crippen LogP contribution < -0.4 is 5.32 Å². The third kappa shape index (κ3) is 3.49. The van der Waals surface area contributed by atoms with E-state index < -0.39 is 5.82 Å². The Bertz CT molecular complexity index is 1620. The molecule has 1 aliphatic rings. The van der Waals surface area contributed by atoms with Gasteiger partial charge in [0.2, 0.25) is 0 Å². The fourth-order valence-corrected chi connectivity index (χ4v) is 5.38. The van der Waals surface area contributed by atoms with Gasteiger partial charge in [-0.1, -0.05) is 12.1 Å². The summed E-state index contributed by atoms with van der Waals surface area (Å²) in [5.41, 5.74) is 5.38. The molecule has 1 fully saturated rings. The van der Waals surface area contributed by atoms with Crippen molar-refractivity contribution in [3.05, 3.63) is 72.4 Å². The van der Waals surface area contributed by atoms with E-state index in [9.17, 15) is 9.65 Å². The molecule has 1 saturated heterocycles. The van der Waals surface area contributed by atoms with Crippen LogP contribution in [0.1, 0.15) is 24.9 Å². The molecule has 6 rings (SSSR count). The molecule has 1 aliphatic heterocycles. The van der Waals surface area contributed by atoms with Crippen LogP contribution in [0.25, 0.3) is 44.2 Å². The number of pyridine rings is 1. The normalized spacial score (nSPS) is 16.7. The van der Waals surface area contributed by atoms with Crippen LogP contribution in [0.2, 0.25) is 0 Å². The topological polar surface area (TPSA) is 71.5 Å². The third-order valence-electron chi connectivity index (χ3n) is 7.40. The van der Waals surface area contributed by atoms with E-state index in [2.05, 4.69) is 40.2 Å². The number of benzene rings is 2. The molecule has 7 heteroatoms. The smallest absolute Gasteiger partial charge is 0.141 e. The Hall–Kier alpha value is -4.02. The average molecular weight is 465 g/mol. The van der Waals surface area contributed by atoms with Crippen molar-refractivity contribution in [1.82, 2.24) is 24.6 Å². The molecule has 0 radical (unpaired) electrons. The molecule has 0 amide bonds. The van der Waals surface area contributed by atoms with Gasteiger partial charge in [-0.25, -0.2) is 4.39 Å². The SMILES string of the molecule is CC(C1CCNC1)n1ccc2c(-c3ccc(C#N)c(F)c3)c(-c3ccc4c(cnn4C)c3)ncc21. The number of nitrogens with one attached hydrogen (secondary N) is 1. The highest BCUT2D eigenvalue weighted by Gasteiger charge is 2.25. The summed E-state index contributed by atoms with van der Waals surface area (Å²) >= 11 is 0. The highest BCUT2D eigenvalue weighted by molar-refractivity contribution is 6.02. The lowest BCUT2D eigenvalue weighted by molar-refractivity contribution is 0.388. The summed E-state index contributed by atoms with van der Waals surface area (Å²) in [6.07, 6.45) is 7.03. The minimum absolute atomic E-state index is 0.0344. The van der Waals surface area contributed by atoms with Gasteiger partial charge in [-0.3, -0.25) is 9.67 Å². The number of nitrogens with zero attached hydrogens (tertiary/aromatic N) is 5. The Balaban J connectivity index is 1.58. The molecule has 5 aromatic rings. The standard InChI is InChI=1S/C28H25FN6/c1-17(21-7-9-31-14-21)35-10-8-23-26(35)16-32-28(19-5-6-25-22(11-19)15-33-34(25)2)27(23)18-3-4-20(13-30)24(29)12-18/h3-6,8,10-12,15-17,21,31H,7,9,14H2,1-2H3. The minimum Gasteiger partial charge on any atom is -0.343 e. The summed E-state index contributed by atoms with van der Waals surface area (Å²) in [5, 5.41) is 19.1. The van der Waals surface area contributed by atoms with Gasteiger partial charge in [0.1, 0.15) is 11.9 Å². The van der Waals surface area contributed by atoms with Crippen LogP contribution >= 0.6 is 0 Å². The second-order valence-electron chi connectivity index (χ2n) is 9.35. The second kappa shape index (κ2) is 8.33. The molecular formula is C28H25FN6. The number of nitriles is 1. The number of hydrogen-bond donors (Lipinski definition) is 1. The van der Waals surface area contributed by atoms with Crippen LogP contribution in [0.5, 0.6) is 0 Å². The van der Waals surface area contributed by atoms with Crippen LogP contribution in [0.4, 0.5) is 4.39 Å². The molecule has 2 unspecified atom stereocenters. The zero-order valence-corrected chi connectivity index (χ0v) is 19.7. The first-order chi connectivity index (χ1) is 17.0. The molecule has 0 spiro atoms. The van der Waals surface area contributed by atoms with Crippen LogP contribution in [0.15, 0.2) is 61.1 Å². The molecule has 0 saturated carbocycles. The lowest BCUT2D eigenvalue weighted by atomic mass is 9.95. The van der Waals surface area contributed by atoms with Crippen LogP contribution in [-0.2, 0) is 7.05 Å². The Kier molecular flexibility index (Phi) is 5.12. The van der Waals surface area contributed by atoms with Crippen molar-refractivity contribution in [2.24, 2.45) is 13.0 Å². The zero-order chi connectivity index (χ0) is 24.1. The van der Waals surface area contributed by atoms with Gasteiger partial charge < -0.3 is 9.88 Å². The van der Waals surface area contributed by atoms with E-state index in [-0.39, 0.29) is 5.56 Å². The first kappa shape index (κ1) is 21.5. The summed E-state index contributed by atoms with van der Waals surface area (Å²) in [7, 11) is 1.92. The predicted molar refractivity (Wildman–Crippen MR) is 135 cm³/mol. The Morgan fingerprint density at radius 1 is 1.11 bits per heavy atom. The van der Waals surface area contributed by atoms with Gasteiger partial charge in [-0.15, -0.1) is 0 Å². The van der Waals surface area contributed by atoms with Crippen molar-refractivity contribution >= 4 is 21.8 Å². The number of hydrogen-bond acceptors (Lipinski definition) is 4. The fraction of sp³-hybridized carbons (Fsp3) is 0.250. The monoisotopic (exact) mass is 464 g/mol. The van der Waals surface area contributed by atoms with Crippen LogP contribution in [0.3, 0.4) is 0 Å². The van der Waals surface area contributed by atoms with E-state index in [1.54, 1.807) is 6.07 Å². The summed E-state index contributed by atoms with van der Waals surface area (Å²) in [6.45, 7) is 4.30. The summed E-state index contributed by atoms with van der Waals surface area (Å²) < 4.78 is 18.9. The van der Waals surface area contributed by atoms with Gasteiger partial charge in [0.25, 0.3) is 0 Å². The highest BCUT2D eigenvalue weighted by atomic mass is 19.1. The molecule has 0 aliphatic carbocycles. The molecule has 2 aromatic carbocycles. The van der Waals surface area contributed by atoms with Crippen LogP contribution in [0, 0.1) is 23.1 Å². The van der Waals surface area contributed by atoms with Gasteiger partial charge in [-0.2, -0.15) is 10.4 Å². The summed E-state index contributed by atoms with van der Waals surface area (Å²) in [5.74, 6) is 0.0227. The van der Waals surface area contributed by atoms with Gasteiger partial charge in [0.05, 0.1) is 34.7 Å². The average Bonchev–Trinajstić information content (AvgIpc) is 3.63. The summed E-state index contributed by atoms with van der Waals surface area (Å²) in [4.78, 5) is 4.93. The van der Waals surface area contributed by atoms with Crippen molar-refractivity contribution in [3.8, 4) is 28.5 Å². The van der Waals surface area contributed by atoms with E-state index in [4.69, 9.17) is 4.98 Å². The van der Waals surface area contributed by atoms with Gasteiger partial charge >= 0.3 is 0 Å². The quantitative estimate of drug-likeness (QED) is 0.385. The van der Waals surface area contributed by atoms with Gasteiger partial charge in [0, 0.05) is 41.2 Å². The first-order valence-corrected chi connectivity index (χ1v) is 11.9. The fourth-order valence-electron chi connectivity index (χ4n) is 5.38. The lowest BCUT2D eigenvalue weighted by Gasteiger charge is -2.22. The van der Waals surface area contributed by atoms with Gasteiger partial charge in [0.15, 0.2) is 0 Å². The molecular weight excluding hydrogens is 439 g/mol. The highest BCUT2D eigenvalue weighted by Crippen LogP contribution is 2.40. The molecule has 3 aromatic heterocycles. The molecule has 0 bridgehead atoms. The largest absolute Gasteiger partial charge is 0.343 e. The molecule has 35 heavy (non-hydrogen) atoms. The zero-order valence-electron chi connectivity index (χ0n) is 19.7. The van der Waals surface area contributed by atoms with E-state index in [1.165, 1.54) is 6.07 Å². The number of aryl methyl sites for hydroxylation is 1. The molecule has 174 valence electrons. The number of aromatic nitrogens is 4. The van der Waals surface area contributed by atoms with E-state index in [0.29, 0.717) is 17.5 Å². The predicted octanol–water partition coefficient (Wildman–Crippen LogP) is 5.44. The Morgan fingerprint density at radius 2 is 1.97 bits per heavy atom. The van der Waals surface area contributed by atoms with Crippen molar-refractivity contribution < 1.29 is 4.39 Å². The maximum Gasteiger partial charge on any atom is 0.141 e. The van der Waals surface area contributed by atoms with E-state index >= 15 is 0 Å². The maximum atomic E-state index is 14.8. The van der Waals surface area contributed by atoms with Crippen molar-refractivity contribution in [2.75, 3.05) is 13.1 Å². The third-order valence-corrected chi connectivity index (χ3v) is 7.40.